The van der Waals surface area contributed by atoms with Crippen molar-refractivity contribution in [3.8, 4) is 22.3 Å². The maximum atomic E-state index is 2.47. The van der Waals surface area contributed by atoms with Crippen LogP contribution in [0.25, 0.3) is 76.1 Å². The van der Waals surface area contributed by atoms with Gasteiger partial charge in [-0.1, -0.05) is 146 Å². The summed E-state index contributed by atoms with van der Waals surface area (Å²) < 4.78 is 0. The molecule has 68 heavy (non-hydrogen) atoms. The lowest BCUT2D eigenvalue weighted by Gasteiger charge is -2.39. The van der Waals surface area contributed by atoms with E-state index in [0.29, 0.717) is 0 Å². The van der Waals surface area contributed by atoms with Crippen molar-refractivity contribution in [2.24, 2.45) is 0 Å². The quantitative estimate of drug-likeness (QED) is 0.129. The summed E-state index contributed by atoms with van der Waals surface area (Å²) >= 11 is 0. The van der Waals surface area contributed by atoms with E-state index in [-0.39, 0.29) is 0 Å². The van der Waals surface area contributed by atoms with Crippen LogP contribution in [-0.2, 0) is 0 Å². The normalized spacial score (nSPS) is 13.0. The van der Waals surface area contributed by atoms with Gasteiger partial charge in [0.05, 0.1) is 45.5 Å². The van der Waals surface area contributed by atoms with Crippen LogP contribution in [0.1, 0.15) is 0 Å². The van der Waals surface area contributed by atoms with E-state index in [2.05, 4.69) is 264 Å². The first-order valence-electron chi connectivity index (χ1n) is 23.5. The fourth-order valence-electron chi connectivity index (χ4n) is 11.5. The van der Waals surface area contributed by atoms with Crippen molar-refractivity contribution in [1.29, 1.82) is 0 Å². The average Bonchev–Trinajstić information content (AvgIpc) is 3.40. The van der Waals surface area contributed by atoms with Gasteiger partial charge in [0.1, 0.15) is 0 Å². The van der Waals surface area contributed by atoms with E-state index in [9.17, 15) is 0 Å². The Balaban J connectivity index is 1.14. The van der Waals surface area contributed by atoms with Crippen molar-refractivity contribution in [3.05, 3.63) is 231 Å². The Morgan fingerprint density at radius 2 is 0.662 bits per heavy atom. The SMILES string of the molecule is CN1c2ccccc2N(c2ccc3c(-c4cc5ccccc5c5ccccc45)c4cc(N5c6ccccc6N(C)c6ccccc65)ccc4c(-c4ccc5ccccc5c4)c3c2)c2ccccc21. The van der Waals surface area contributed by atoms with Crippen molar-refractivity contribution in [1.82, 2.24) is 0 Å². The molecule has 0 atom stereocenters. The van der Waals surface area contributed by atoms with E-state index >= 15 is 0 Å². The molecule has 0 amide bonds. The van der Waals surface area contributed by atoms with Crippen molar-refractivity contribution in [3.63, 3.8) is 0 Å². The van der Waals surface area contributed by atoms with E-state index in [1.165, 1.54) is 98.9 Å². The van der Waals surface area contributed by atoms with Gasteiger partial charge >= 0.3 is 0 Å². The molecule has 0 aliphatic carbocycles. The Hall–Kier alpha value is -8.86. The maximum Gasteiger partial charge on any atom is 0.0699 e. The summed E-state index contributed by atoms with van der Waals surface area (Å²) in [6.07, 6.45) is 0. The van der Waals surface area contributed by atoms with Gasteiger partial charge < -0.3 is 19.6 Å². The van der Waals surface area contributed by atoms with Gasteiger partial charge in [0, 0.05) is 25.5 Å². The molecule has 0 saturated carbocycles. The predicted molar refractivity (Wildman–Crippen MR) is 290 cm³/mol. The van der Waals surface area contributed by atoms with Gasteiger partial charge in [-0.15, -0.1) is 0 Å². The minimum Gasteiger partial charge on any atom is -0.341 e. The lowest BCUT2D eigenvalue weighted by Crippen LogP contribution is -2.24. The van der Waals surface area contributed by atoms with Gasteiger partial charge in [0.25, 0.3) is 0 Å². The molecule has 2 heterocycles. The lowest BCUT2D eigenvalue weighted by molar-refractivity contribution is 1.13. The zero-order valence-electron chi connectivity index (χ0n) is 37.7. The van der Waals surface area contributed by atoms with Crippen LogP contribution >= 0.6 is 0 Å². The molecule has 12 aromatic carbocycles. The highest BCUT2D eigenvalue weighted by atomic mass is 15.3. The number of hydrogen-bond acceptors (Lipinski definition) is 4. The fraction of sp³-hybridized carbons (Fsp3) is 0.0312. The Labute approximate surface area is 395 Å². The minimum absolute atomic E-state index is 1.11. The zero-order chi connectivity index (χ0) is 45.0. The molecule has 0 N–H and O–H groups in total. The van der Waals surface area contributed by atoms with Gasteiger partial charge in [-0.2, -0.15) is 0 Å². The molecule has 4 nitrogen and oxygen atoms in total. The topological polar surface area (TPSA) is 13.0 Å². The molecule has 2 aliphatic heterocycles. The summed E-state index contributed by atoms with van der Waals surface area (Å²) in [5.41, 5.74) is 16.4. The molecule has 14 rings (SSSR count). The average molecular weight is 869 g/mol. The van der Waals surface area contributed by atoms with E-state index in [4.69, 9.17) is 0 Å². The molecule has 0 radical (unpaired) electrons. The molecule has 0 fully saturated rings. The van der Waals surface area contributed by atoms with Crippen molar-refractivity contribution in [2.45, 2.75) is 0 Å². The van der Waals surface area contributed by atoms with Crippen LogP contribution in [0.4, 0.5) is 56.9 Å². The van der Waals surface area contributed by atoms with E-state index < -0.39 is 0 Å². The number of hydrogen-bond donors (Lipinski definition) is 0. The van der Waals surface area contributed by atoms with E-state index in [1.807, 2.05) is 0 Å². The van der Waals surface area contributed by atoms with Crippen molar-refractivity contribution >= 4 is 111 Å². The fourth-order valence-corrected chi connectivity index (χ4v) is 11.5. The minimum atomic E-state index is 1.11. The smallest absolute Gasteiger partial charge is 0.0699 e. The molecular weight excluding hydrogens is 825 g/mol. The summed E-state index contributed by atoms with van der Waals surface area (Å²) in [7, 11) is 4.35. The molecule has 2 aliphatic rings. The maximum absolute atomic E-state index is 2.47. The van der Waals surface area contributed by atoms with Crippen LogP contribution < -0.4 is 19.6 Å². The highest BCUT2D eigenvalue weighted by molar-refractivity contribution is 6.27. The van der Waals surface area contributed by atoms with Gasteiger partial charge in [-0.05, 0) is 161 Å². The lowest BCUT2D eigenvalue weighted by atomic mass is 9.83. The van der Waals surface area contributed by atoms with E-state index in [0.717, 1.165) is 34.1 Å². The molecule has 0 unspecified atom stereocenters. The monoisotopic (exact) mass is 868 g/mol. The number of rotatable bonds is 4. The molecule has 0 spiro atoms. The highest BCUT2D eigenvalue weighted by Gasteiger charge is 2.30. The summed E-state index contributed by atoms with van der Waals surface area (Å²) in [4.78, 5) is 9.54. The number of nitrogens with zero attached hydrogens (tertiary/aromatic N) is 4. The van der Waals surface area contributed by atoms with Gasteiger partial charge in [0.15, 0.2) is 0 Å². The number of para-hydroxylation sites is 8. The zero-order valence-corrected chi connectivity index (χ0v) is 37.7. The second-order valence-corrected chi connectivity index (χ2v) is 18.2. The third kappa shape index (κ3) is 5.61. The van der Waals surface area contributed by atoms with Crippen molar-refractivity contribution < 1.29 is 0 Å². The Morgan fingerprint density at radius 1 is 0.250 bits per heavy atom. The first kappa shape index (κ1) is 38.4. The molecular formula is C64H44N4. The molecule has 12 aromatic rings. The first-order valence-corrected chi connectivity index (χ1v) is 23.5. The summed E-state index contributed by atoms with van der Waals surface area (Å²) in [6, 6.07) is 85.5. The van der Waals surface area contributed by atoms with Crippen molar-refractivity contribution in [2.75, 3.05) is 33.7 Å². The van der Waals surface area contributed by atoms with Crippen LogP contribution in [0.15, 0.2) is 231 Å². The molecule has 4 heteroatoms. The Bertz CT molecular complexity index is 3960. The van der Waals surface area contributed by atoms with Crippen LogP contribution in [0.3, 0.4) is 0 Å². The second kappa shape index (κ2) is 14.8. The number of anilines is 10. The third-order valence-electron chi connectivity index (χ3n) is 14.6. The van der Waals surface area contributed by atoms with Crippen LogP contribution in [0, 0.1) is 0 Å². The van der Waals surface area contributed by atoms with E-state index in [1.54, 1.807) is 0 Å². The Kier molecular flexibility index (Phi) is 8.38. The Morgan fingerprint density at radius 3 is 1.21 bits per heavy atom. The molecule has 0 aromatic heterocycles. The first-order chi connectivity index (χ1) is 33.6. The van der Waals surface area contributed by atoms with Gasteiger partial charge in [0.2, 0.25) is 0 Å². The van der Waals surface area contributed by atoms with Gasteiger partial charge in [-0.3, -0.25) is 0 Å². The summed E-state index contributed by atoms with van der Waals surface area (Å²) in [5.74, 6) is 0. The molecule has 0 saturated heterocycles. The highest BCUT2D eigenvalue weighted by Crippen LogP contribution is 2.55. The molecule has 320 valence electrons. The standard InChI is InChI=1S/C64H44N4/c1-65-55-23-9-13-27-59(55)67(60-28-14-10-24-56(60)65)45-34-36-51-53(39-45)63(44-32-31-41-17-3-4-18-42(41)37-44)50-35-33-46(68-61-29-15-11-25-57(61)66(2)58-26-12-16-30-62(58)68)40-54(50)64(51)52-38-43-19-5-6-20-47(43)48-21-7-8-22-49(48)52/h3-40H,1-2H3. The van der Waals surface area contributed by atoms with Gasteiger partial charge in [-0.25, -0.2) is 0 Å². The third-order valence-corrected chi connectivity index (χ3v) is 14.6. The number of benzene rings is 12. The molecule has 0 bridgehead atoms. The van der Waals surface area contributed by atoms with Crippen LogP contribution in [-0.4, -0.2) is 14.1 Å². The summed E-state index contributed by atoms with van der Waals surface area (Å²) in [6.45, 7) is 0. The summed E-state index contributed by atoms with van der Waals surface area (Å²) in [5, 5.41) is 12.2. The van der Waals surface area contributed by atoms with Crippen LogP contribution in [0.2, 0.25) is 0 Å². The predicted octanol–water partition coefficient (Wildman–Crippen LogP) is 17.9. The number of fused-ring (bicyclic) bond motifs is 10. The largest absolute Gasteiger partial charge is 0.341 e. The second-order valence-electron chi connectivity index (χ2n) is 18.2. The van der Waals surface area contributed by atoms with Crippen LogP contribution in [0.5, 0.6) is 0 Å².